The molecule has 1 saturated heterocycles. The number of benzene rings is 1. The van der Waals surface area contributed by atoms with Crippen molar-refractivity contribution in [1.82, 2.24) is 100 Å². The Bertz CT molecular complexity index is 4030. The van der Waals surface area contributed by atoms with E-state index in [1.54, 1.807) is 24.3 Å². The fourth-order valence-electron chi connectivity index (χ4n) is 10.9. The van der Waals surface area contributed by atoms with Gasteiger partial charge in [-0.25, -0.2) is 4.79 Å². The van der Waals surface area contributed by atoms with Gasteiger partial charge in [0, 0.05) is 36.6 Å². The number of nitrogens with two attached hydrogens (primary N) is 5. The fourth-order valence-corrected chi connectivity index (χ4v) is 10.9. The molecule has 20 amide bonds. The lowest BCUT2D eigenvalue weighted by molar-refractivity contribution is -0.144. The number of aliphatic carboxylic acids is 1. The van der Waals surface area contributed by atoms with E-state index in [0.717, 1.165) is 11.8 Å². The van der Waals surface area contributed by atoms with Gasteiger partial charge in [-0.15, -0.1) is 0 Å². The second kappa shape index (κ2) is 50.2. The zero-order valence-electron chi connectivity index (χ0n) is 64.1. The van der Waals surface area contributed by atoms with Gasteiger partial charge >= 0.3 is 5.97 Å². The van der Waals surface area contributed by atoms with Crippen molar-refractivity contribution < 1.29 is 136 Å². The Hall–Kier alpha value is -13.4. The second-order valence-electron chi connectivity index (χ2n) is 26.5. The first kappa shape index (κ1) is 99.8. The number of fused-ring (bicyclic) bond motifs is 1. The van der Waals surface area contributed by atoms with Crippen molar-refractivity contribution in [3.8, 4) is 0 Å². The lowest BCUT2D eigenvalue weighted by atomic mass is 10.0. The van der Waals surface area contributed by atoms with Gasteiger partial charge < -0.3 is 165 Å². The molecule has 2 heterocycles. The molecular weight excluding hydrogens is 1590 g/mol. The molecule has 0 unspecified atom stereocenters. The Kier molecular flexibility index (Phi) is 42.1. The summed E-state index contributed by atoms with van der Waals surface area (Å²) in [6.45, 7) is -8.09. The van der Waals surface area contributed by atoms with Crippen LogP contribution in [0.3, 0.4) is 0 Å². The summed E-state index contributed by atoms with van der Waals surface area (Å²) >= 11 is 0. The number of carboxylic acids is 1. The van der Waals surface area contributed by atoms with Crippen LogP contribution in [-0.2, 0) is 107 Å². The number of likely N-dealkylation sites (tertiary alicyclic amines) is 1. The number of guanidine groups is 1. The van der Waals surface area contributed by atoms with Crippen molar-refractivity contribution in [1.29, 1.82) is 5.41 Å². The van der Waals surface area contributed by atoms with E-state index in [0.29, 0.717) is 16.5 Å². The van der Waals surface area contributed by atoms with Crippen LogP contribution < -0.4 is 119 Å². The van der Waals surface area contributed by atoms with Crippen molar-refractivity contribution in [2.75, 3.05) is 78.8 Å². The van der Waals surface area contributed by atoms with Gasteiger partial charge in [-0.2, -0.15) is 0 Å². The average molecular weight is 1690 g/mol. The number of hydrogen-bond acceptors (Lipinski definition) is 29. The monoisotopic (exact) mass is 1690 g/mol. The van der Waals surface area contributed by atoms with Crippen molar-refractivity contribution in [2.45, 2.75) is 150 Å². The van der Waals surface area contributed by atoms with Crippen LogP contribution in [0.2, 0.25) is 0 Å². The molecule has 1 aliphatic rings. The van der Waals surface area contributed by atoms with Gasteiger partial charge in [0.1, 0.15) is 72.5 Å². The maximum atomic E-state index is 14.1. The first-order chi connectivity index (χ1) is 56.1. The summed E-state index contributed by atoms with van der Waals surface area (Å²) in [5.41, 5.74) is 27.5. The summed E-state index contributed by atoms with van der Waals surface area (Å²) in [5, 5.41) is 115. The normalized spacial score (nSPS) is 15.4. The number of H-pyrrole nitrogens is 1. The predicted octanol–water partition coefficient (Wildman–Crippen LogP) is -18.7. The van der Waals surface area contributed by atoms with Crippen molar-refractivity contribution in [3.05, 3.63) is 36.0 Å². The number of nitrogens with zero attached hydrogens (tertiary/aromatic N) is 1. The molecule has 36 N–H and O–H groups in total. The van der Waals surface area contributed by atoms with Crippen LogP contribution >= 0.6 is 0 Å². The summed E-state index contributed by atoms with van der Waals surface area (Å²) in [7, 11) is 0. The van der Waals surface area contributed by atoms with Crippen LogP contribution in [0.15, 0.2) is 30.5 Å². The van der Waals surface area contributed by atoms with Crippen LogP contribution in [0.5, 0.6) is 0 Å². The highest BCUT2D eigenvalue weighted by Gasteiger charge is 2.39. The minimum Gasteiger partial charge on any atom is -0.480 e. The first-order valence-corrected chi connectivity index (χ1v) is 36.3. The van der Waals surface area contributed by atoms with E-state index in [1.807, 2.05) is 21.3 Å². The Morgan fingerprint density at radius 2 is 0.840 bits per heavy atom. The van der Waals surface area contributed by atoms with E-state index in [2.05, 4.69) is 74.1 Å². The standard InChI is InChI=1S/C66H101N25O28/c1-28(67)53(106)75-18-48(102)81-40(25-94)60(113)85-34(13-30-17-74-32-8-4-3-7-31(30)32)57(110)86-36(15-45(69)99)59(112)88-38(23-92)54(107)76-19-49(103)82-41(26-95)61(114)89-39(24-93)55(108)79-22-51(105)91-12-6-10-43(91)63(116)77-20-50(104)83-42(27-96)62(115)90-52(29(2)97)64(117)78-21-47(101)80-35(14-44(68)98)58(111)84-33(9-5-11-73-66(71)72)56(109)87-37(65(118)119)16-46(70)100/h3-4,7-8,17,28-29,33-43,52,74,92-97H,5-6,9-16,18-27,67H2,1-2H3,(H2,68,98)(H2,69,99)(H2,70,100)(H,75,106)(H,76,107)(H,77,116)(H,78,117)(H,79,108)(H,80,101)(H,81,102)(H,82,103)(H,83,104)(H,84,111)(H,85,113)(H,86,110)(H,87,109)(H,88,112)(H,89,114)(H,90,115)(H,118,119)(H4,71,72,73)/t28-,29+,33-,34-,35-,36-,37-,38-,39-,40-,41-,42-,43-,52-/m0/s1. The number of aliphatic hydroxyl groups is 6. The summed E-state index contributed by atoms with van der Waals surface area (Å²) < 4.78 is 0. The molecule has 1 aromatic carbocycles. The molecule has 0 spiro atoms. The van der Waals surface area contributed by atoms with Gasteiger partial charge in [0.25, 0.3) is 0 Å². The lowest BCUT2D eigenvalue weighted by Crippen LogP contribution is -2.60. The van der Waals surface area contributed by atoms with Gasteiger partial charge in [-0.05, 0) is 51.2 Å². The maximum Gasteiger partial charge on any atom is 0.326 e. The highest BCUT2D eigenvalue weighted by Crippen LogP contribution is 2.20. The van der Waals surface area contributed by atoms with Gasteiger partial charge in [0.2, 0.25) is 118 Å². The molecule has 53 nitrogen and oxygen atoms in total. The minimum atomic E-state index is -1.96. The molecule has 1 fully saturated rings. The highest BCUT2D eigenvalue weighted by atomic mass is 16.4. The number of amides is 20. The molecule has 0 radical (unpaired) electrons. The molecule has 53 heteroatoms. The summed E-state index contributed by atoms with van der Waals surface area (Å²) in [6.07, 6.45) is -3.47. The molecule has 0 bridgehead atoms. The minimum absolute atomic E-state index is 0.000947. The van der Waals surface area contributed by atoms with Crippen LogP contribution in [0.1, 0.15) is 64.4 Å². The Balaban J connectivity index is 1.56. The number of carbonyl (C=O) groups is 21. The van der Waals surface area contributed by atoms with Gasteiger partial charge in [0.05, 0.1) is 97.2 Å². The third kappa shape index (κ3) is 34.5. The molecular formula is C66H101N25O28. The highest BCUT2D eigenvalue weighted by molar-refractivity contribution is 6.02. The molecule has 3 rings (SSSR count). The van der Waals surface area contributed by atoms with E-state index in [1.165, 1.54) is 13.1 Å². The number of aromatic nitrogens is 1. The second-order valence-corrected chi connectivity index (χ2v) is 26.5. The van der Waals surface area contributed by atoms with Gasteiger partial charge in [-0.3, -0.25) is 101 Å². The third-order valence-electron chi connectivity index (χ3n) is 17.1. The molecule has 658 valence electrons. The fraction of sp³-hybridized carbons (Fsp3) is 0.545. The number of para-hydroxylation sites is 1. The third-order valence-corrected chi connectivity index (χ3v) is 17.1. The van der Waals surface area contributed by atoms with E-state index < -0.39 is 300 Å². The van der Waals surface area contributed by atoms with Crippen molar-refractivity contribution in [2.24, 2.45) is 28.7 Å². The number of carbonyl (C=O) groups excluding carboxylic acids is 20. The molecule has 119 heavy (non-hydrogen) atoms. The number of nitrogens with one attached hydrogen (secondary N) is 19. The van der Waals surface area contributed by atoms with Gasteiger partial charge in [-0.1, -0.05) is 18.2 Å². The zero-order valence-corrected chi connectivity index (χ0v) is 64.1. The molecule has 2 aromatic rings. The topological polar surface area (TPSA) is 878 Å². The largest absolute Gasteiger partial charge is 0.480 e. The summed E-state index contributed by atoms with van der Waals surface area (Å²) in [5.74, 6) is -25.2. The predicted molar refractivity (Wildman–Crippen MR) is 402 cm³/mol. The first-order valence-electron chi connectivity index (χ1n) is 36.3. The van der Waals surface area contributed by atoms with Gasteiger partial charge in [0.15, 0.2) is 5.96 Å². The Labute approximate surface area is 674 Å². The van der Waals surface area contributed by atoms with Crippen LogP contribution in [0.4, 0.5) is 0 Å². The Morgan fingerprint density at radius 3 is 1.31 bits per heavy atom. The molecule has 1 aliphatic heterocycles. The van der Waals surface area contributed by atoms with Crippen molar-refractivity contribution in [3.63, 3.8) is 0 Å². The number of hydrogen-bond donors (Lipinski definition) is 31. The smallest absolute Gasteiger partial charge is 0.326 e. The molecule has 1 aromatic heterocycles. The molecule has 0 saturated carbocycles. The van der Waals surface area contributed by atoms with E-state index >= 15 is 0 Å². The van der Waals surface area contributed by atoms with E-state index in [-0.39, 0.29) is 45.2 Å². The lowest BCUT2D eigenvalue weighted by Gasteiger charge is -2.26. The zero-order chi connectivity index (χ0) is 89.5. The quantitative estimate of drug-likeness (QED) is 0.0166. The number of rotatable bonds is 52. The number of primary amides is 3. The SMILES string of the molecule is C[C@H](N)C(=O)NCC(=O)N[C@@H](CO)C(=O)N[C@@H](Cc1c[nH]c2ccccc12)C(=O)N[C@@H](CC(N)=O)C(=O)N[C@@H](CO)C(=O)NCC(=O)N[C@@H](CO)C(=O)N[C@@H](CO)C(=O)NCC(=O)N1CCC[C@H]1C(=O)NCC(=O)N[C@@H](CO)C(=O)N[C@H](C(=O)NCC(=O)N[C@@H](CC(N)=O)C(=O)N[C@@H](CCCNC(=N)N)C(=O)N[C@@H](CC(N)=O)C(=O)O)[C@@H](C)O. The van der Waals surface area contributed by atoms with Crippen LogP contribution in [0, 0.1) is 5.41 Å². The van der Waals surface area contributed by atoms with Crippen molar-refractivity contribution >= 4 is 141 Å². The number of carboxylic acid groups (broad SMARTS) is 1. The molecule has 14 atom stereocenters. The number of aliphatic hydroxyl groups excluding tert-OH is 6. The van der Waals surface area contributed by atoms with Crippen LogP contribution in [0.25, 0.3) is 10.9 Å². The maximum absolute atomic E-state index is 14.1. The summed E-state index contributed by atoms with van der Waals surface area (Å²) in [6, 6.07) is -15.9. The summed E-state index contributed by atoms with van der Waals surface area (Å²) in [4.78, 5) is 276. The average Bonchev–Trinajstić information content (AvgIpc) is 1.70. The van der Waals surface area contributed by atoms with Crippen LogP contribution in [-0.4, -0.2) is 339 Å². The van der Waals surface area contributed by atoms with E-state index in [9.17, 15) is 136 Å². The number of aromatic amines is 1. The molecule has 0 aliphatic carbocycles. The Morgan fingerprint density at radius 1 is 0.462 bits per heavy atom. The van der Waals surface area contributed by atoms with E-state index in [4.69, 9.17) is 34.1 Å².